The molecule has 0 bridgehead atoms. The average Bonchev–Trinajstić information content (AvgIpc) is 3.27. The number of carbonyl (C=O) groups excluding carboxylic acids is 2. The molecule has 114 valence electrons. The van der Waals surface area contributed by atoms with Crippen LogP contribution < -0.4 is 16.0 Å². The third kappa shape index (κ3) is 4.77. The Morgan fingerprint density at radius 1 is 1.29 bits per heavy atom. The van der Waals surface area contributed by atoms with Crippen molar-refractivity contribution in [1.29, 1.82) is 0 Å². The first-order valence-corrected chi connectivity index (χ1v) is 7.46. The molecule has 0 aromatic heterocycles. The second kappa shape index (κ2) is 7.11. The van der Waals surface area contributed by atoms with E-state index in [1.165, 1.54) is 0 Å². The van der Waals surface area contributed by atoms with Crippen LogP contribution in [0.2, 0.25) is 0 Å². The van der Waals surface area contributed by atoms with Gasteiger partial charge in [0.2, 0.25) is 5.91 Å². The van der Waals surface area contributed by atoms with E-state index in [9.17, 15) is 9.59 Å². The van der Waals surface area contributed by atoms with E-state index >= 15 is 0 Å². The van der Waals surface area contributed by atoms with Crippen LogP contribution in [-0.2, 0) is 4.79 Å². The number of aryl methyl sites for hydroxylation is 1. The van der Waals surface area contributed by atoms with Crippen LogP contribution in [0.5, 0.6) is 0 Å². The fraction of sp³-hybridized carbons (Fsp3) is 0.500. The van der Waals surface area contributed by atoms with Crippen molar-refractivity contribution in [3.05, 3.63) is 29.3 Å². The van der Waals surface area contributed by atoms with Crippen LogP contribution in [0.3, 0.4) is 0 Å². The molecule has 1 aromatic rings. The van der Waals surface area contributed by atoms with Crippen LogP contribution >= 0.6 is 0 Å². The summed E-state index contributed by atoms with van der Waals surface area (Å²) in [6.45, 7) is 2.49. The fourth-order valence-electron chi connectivity index (χ4n) is 2.14. The summed E-state index contributed by atoms with van der Waals surface area (Å²) in [5.74, 6) is -0.0278. The maximum atomic E-state index is 12.1. The van der Waals surface area contributed by atoms with Crippen molar-refractivity contribution in [2.75, 3.05) is 18.9 Å². The van der Waals surface area contributed by atoms with E-state index in [0.717, 1.165) is 24.1 Å². The molecular weight excluding hydrogens is 266 g/mol. The minimum atomic E-state index is -0.109. The number of hydrogen-bond acceptors (Lipinski definition) is 3. The summed E-state index contributed by atoms with van der Waals surface area (Å²) >= 11 is 0. The Bertz CT molecular complexity index is 524. The van der Waals surface area contributed by atoms with Gasteiger partial charge in [0.1, 0.15) is 0 Å². The van der Waals surface area contributed by atoms with Gasteiger partial charge in [-0.25, -0.2) is 0 Å². The van der Waals surface area contributed by atoms with Gasteiger partial charge in [0.05, 0.1) is 5.56 Å². The summed E-state index contributed by atoms with van der Waals surface area (Å²) in [6, 6.07) is 6.07. The van der Waals surface area contributed by atoms with Gasteiger partial charge in [-0.15, -0.1) is 0 Å². The molecule has 0 unspecified atom stereocenters. The summed E-state index contributed by atoms with van der Waals surface area (Å²) in [4.78, 5) is 23.6. The topological polar surface area (TPSA) is 70.2 Å². The molecule has 1 aromatic carbocycles. The molecule has 0 radical (unpaired) electrons. The molecular formula is C16H23N3O2. The first kappa shape index (κ1) is 15.4. The van der Waals surface area contributed by atoms with Gasteiger partial charge in [0.25, 0.3) is 5.91 Å². The summed E-state index contributed by atoms with van der Waals surface area (Å²) in [7, 11) is 1.80. The molecule has 2 rings (SSSR count). The van der Waals surface area contributed by atoms with Gasteiger partial charge < -0.3 is 16.0 Å². The smallest absolute Gasteiger partial charge is 0.253 e. The van der Waals surface area contributed by atoms with Gasteiger partial charge >= 0.3 is 0 Å². The summed E-state index contributed by atoms with van der Waals surface area (Å²) in [5, 5.41) is 8.82. The molecule has 3 N–H and O–H groups in total. The second-order valence-corrected chi connectivity index (χ2v) is 5.50. The zero-order valence-corrected chi connectivity index (χ0v) is 12.7. The Kier molecular flexibility index (Phi) is 5.20. The highest BCUT2D eigenvalue weighted by Gasteiger charge is 2.22. The zero-order chi connectivity index (χ0) is 15.2. The van der Waals surface area contributed by atoms with E-state index in [1.54, 1.807) is 7.05 Å². The standard InChI is InChI=1S/C16H23N3O2/c1-11-5-8-13(14(10-11)17-2)16(21)18-9-3-4-15(20)19-12-6-7-12/h5,8,10,12,17H,3-4,6-7,9H2,1-2H3,(H,18,21)(H,19,20). The first-order valence-electron chi connectivity index (χ1n) is 7.46. The Morgan fingerprint density at radius 3 is 2.71 bits per heavy atom. The normalized spacial score (nSPS) is 13.6. The number of benzene rings is 1. The van der Waals surface area contributed by atoms with Crippen molar-refractivity contribution >= 4 is 17.5 Å². The number of anilines is 1. The SMILES string of the molecule is CNc1cc(C)ccc1C(=O)NCCCC(=O)NC1CC1. The minimum Gasteiger partial charge on any atom is -0.387 e. The third-order valence-electron chi connectivity index (χ3n) is 3.50. The molecule has 2 amide bonds. The lowest BCUT2D eigenvalue weighted by molar-refractivity contribution is -0.121. The predicted octanol–water partition coefficient (Wildman–Crippen LogP) is 1.83. The molecule has 1 aliphatic carbocycles. The summed E-state index contributed by atoms with van der Waals surface area (Å²) < 4.78 is 0. The molecule has 0 saturated heterocycles. The van der Waals surface area contributed by atoms with Crippen molar-refractivity contribution in [2.24, 2.45) is 0 Å². The predicted molar refractivity (Wildman–Crippen MR) is 83.5 cm³/mol. The van der Waals surface area contributed by atoms with Gasteiger partial charge in [0, 0.05) is 31.7 Å². The van der Waals surface area contributed by atoms with E-state index in [0.29, 0.717) is 31.0 Å². The number of nitrogens with one attached hydrogen (secondary N) is 3. The highest BCUT2D eigenvalue weighted by atomic mass is 16.2. The molecule has 5 nitrogen and oxygen atoms in total. The van der Waals surface area contributed by atoms with Gasteiger partial charge in [-0.2, -0.15) is 0 Å². The molecule has 5 heteroatoms. The third-order valence-corrected chi connectivity index (χ3v) is 3.50. The highest BCUT2D eigenvalue weighted by molar-refractivity contribution is 5.99. The quantitative estimate of drug-likeness (QED) is 0.671. The lowest BCUT2D eigenvalue weighted by atomic mass is 10.1. The fourth-order valence-corrected chi connectivity index (χ4v) is 2.14. The van der Waals surface area contributed by atoms with Crippen molar-refractivity contribution in [3.8, 4) is 0 Å². The van der Waals surface area contributed by atoms with Gasteiger partial charge in [-0.3, -0.25) is 9.59 Å². The number of rotatable bonds is 7. The molecule has 1 fully saturated rings. The summed E-state index contributed by atoms with van der Waals surface area (Å²) in [5.41, 5.74) is 2.55. The van der Waals surface area contributed by atoms with Crippen molar-refractivity contribution in [3.63, 3.8) is 0 Å². The maximum Gasteiger partial charge on any atom is 0.253 e. The molecule has 21 heavy (non-hydrogen) atoms. The summed E-state index contributed by atoms with van der Waals surface area (Å²) in [6.07, 6.45) is 3.32. The Balaban J connectivity index is 1.75. The van der Waals surface area contributed by atoms with Crippen molar-refractivity contribution in [1.82, 2.24) is 10.6 Å². The maximum absolute atomic E-state index is 12.1. The van der Waals surface area contributed by atoms with Gasteiger partial charge in [0.15, 0.2) is 0 Å². The molecule has 1 saturated carbocycles. The van der Waals surface area contributed by atoms with Crippen LogP contribution in [0.1, 0.15) is 41.6 Å². The van der Waals surface area contributed by atoms with E-state index in [4.69, 9.17) is 0 Å². The van der Waals surface area contributed by atoms with E-state index < -0.39 is 0 Å². The van der Waals surface area contributed by atoms with Crippen LogP contribution in [0, 0.1) is 6.92 Å². The van der Waals surface area contributed by atoms with E-state index in [2.05, 4.69) is 16.0 Å². The first-order chi connectivity index (χ1) is 10.1. The second-order valence-electron chi connectivity index (χ2n) is 5.50. The molecule has 0 atom stereocenters. The largest absolute Gasteiger partial charge is 0.387 e. The van der Waals surface area contributed by atoms with E-state index in [-0.39, 0.29) is 11.8 Å². The zero-order valence-electron chi connectivity index (χ0n) is 12.7. The van der Waals surface area contributed by atoms with Crippen molar-refractivity contribution in [2.45, 2.75) is 38.6 Å². The Morgan fingerprint density at radius 2 is 2.05 bits per heavy atom. The monoisotopic (exact) mass is 289 g/mol. The lowest BCUT2D eigenvalue weighted by Gasteiger charge is -2.10. The minimum absolute atomic E-state index is 0.0815. The van der Waals surface area contributed by atoms with Crippen molar-refractivity contribution < 1.29 is 9.59 Å². The number of amides is 2. The Labute approximate surface area is 125 Å². The highest BCUT2D eigenvalue weighted by Crippen LogP contribution is 2.19. The van der Waals surface area contributed by atoms with E-state index in [1.807, 2.05) is 25.1 Å². The molecule has 0 aliphatic heterocycles. The Hall–Kier alpha value is -2.04. The molecule has 0 spiro atoms. The lowest BCUT2D eigenvalue weighted by Crippen LogP contribution is -2.28. The number of hydrogen-bond donors (Lipinski definition) is 3. The van der Waals surface area contributed by atoms with Crippen LogP contribution in [-0.4, -0.2) is 31.4 Å². The average molecular weight is 289 g/mol. The van der Waals surface area contributed by atoms with Gasteiger partial charge in [-0.1, -0.05) is 6.07 Å². The van der Waals surface area contributed by atoms with Crippen LogP contribution in [0.15, 0.2) is 18.2 Å². The van der Waals surface area contributed by atoms with Crippen LogP contribution in [0.25, 0.3) is 0 Å². The molecule has 1 aliphatic rings. The number of carbonyl (C=O) groups is 2. The molecule has 0 heterocycles. The van der Waals surface area contributed by atoms with Crippen LogP contribution in [0.4, 0.5) is 5.69 Å². The van der Waals surface area contributed by atoms with Gasteiger partial charge in [-0.05, 0) is 43.9 Å².